The minimum Gasteiger partial charge on any atom is -0.472 e. The summed E-state index contributed by atoms with van der Waals surface area (Å²) in [6, 6.07) is 1.57. The summed E-state index contributed by atoms with van der Waals surface area (Å²) in [7, 11) is 1.81. The second-order valence-corrected chi connectivity index (χ2v) is 5.47. The average Bonchev–Trinajstić information content (AvgIpc) is 2.99. The molecule has 0 aliphatic heterocycles. The van der Waals surface area contributed by atoms with Gasteiger partial charge in [0.15, 0.2) is 0 Å². The second kappa shape index (κ2) is 7.12. The maximum atomic E-state index is 12.0. The van der Waals surface area contributed by atoms with Crippen LogP contribution < -0.4 is 5.32 Å². The zero-order chi connectivity index (χ0) is 14.4. The number of likely N-dealkylation sites (N-methyl/N-ethyl adjacent to an activating group) is 1. The topological polar surface area (TPSA) is 62.6 Å². The Labute approximate surface area is 119 Å². The zero-order valence-electron chi connectivity index (χ0n) is 11.9. The average molecular weight is 278 g/mol. The van der Waals surface area contributed by atoms with Crippen LogP contribution in [-0.4, -0.2) is 36.9 Å². The second-order valence-electron chi connectivity index (χ2n) is 5.47. The van der Waals surface area contributed by atoms with Crippen molar-refractivity contribution in [1.29, 1.82) is 0 Å². The van der Waals surface area contributed by atoms with Crippen molar-refractivity contribution in [1.82, 2.24) is 10.2 Å². The van der Waals surface area contributed by atoms with Gasteiger partial charge in [-0.25, -0.2) is 0 Å². The summed E-state index contributed by atoms with van der Waals surface area (Å²) in [6.45, 7) is 0.827. The van der Waals surface area contributed by atoms with Gasteiger partial charge >= 0.3 is 0 Å². The molecule has 1 aromatic rings. The predicted molar refractivity (Wildman–Crippen MR) is 75.3 cm³/mol. The molecule has 1 aliphatic carbocycles. The van der Waals surface area contributed by atoms with Gasteiger partial charge in [0.05, 0.1) is 18.4 Å². The highest BCUT2D eigenvalue weighted by Gasteiger charge is 2.18. The van der Waals surface area contributed by atoms with Crippen LogP contribution in [0, 0.1) is 5.92 Å². The summed E-state index contributed by atoms with van der Waals surface area (Å²) in [5.41, 5.74) is 0.438. The lowest BCUT2D eigenvalue weighted by Gasteiger charge is -2.27. The first-order valence-electron chi connectivity index (χ1n) is 7.21. The van der Waals surface area contributed by atoms with Crippen molar-refractivity contribution >= 4 is 11.8 Å². The van der Waals surface area contributed by atoms with Gasteiger partial charge in [0.2, 0.25) is 5.91 Å². The van der Waals surface area contributed by atoms with Gasteiger partial charge in [0.1, 0.15) is 6.26 Å². The van der Waals surface area contributed by atoms with Crippen molar-refractivity contribution in [2.75, 3.05) is 20.1 Å². The molecule has 0 aromatic carbocycles. The van der Waals surface area contributed by atoms with E-state index in [1.807, 2.05) is 0 Å². The van der Waals surface area contributed by atoms with Gasteiger partial charge in [-0.2, -0.15) is 0 Å². The van der Waals surface area contributed by atoms with Crippen molar-refractivity contribution in [3.8, 4) is 0 Å². The van der Waals surface area contributed by atoms with Gasteiger partial charge in [0, 0.05) is 13.6 Å². The SMILES string of the molecule is CN(CC1CCCCC1)C(=O)CNC(=O)c1ccoc1. The third-order valence-electron chi connectivity index (χ3n) is 3.87. The molecule has 5 heteroatoms. The monoisotopic (exact) mass is 278 g/mol. The van der Waals surface area contributed by atoms with E-state index in [2.05, 4.69) is 5.32 Å². The first-order chi connectivity index (χ1) is 9.66. The molecule has 0 saturated heterocycles. The third kappa shape index (κ3) is 4.11. The molecule has 2 amide bonds. The van der Waals surface area contributed by atoms with Crippen LogP contribution in [0.4, 0.5) is 0 Å². The van der Waals surface area contributed by atoms with Gasteiger partial charge in [-0.1, -0.05) is 19.3 Å². The van der Waals surface area contributed by atoms with Gasteiger partial charge in [-0.05, 0) is 24.8 Å². The molecule has 0 spiro atoms. The summed E-state index contributed by atoms with van der Waals surface area (Å²) in [5, 5.41) is 2.61. The smallest absolute Gasteiger partial charge is 0.254 e. The van der Waals surface area contributed by atoms with E-state index in [0.29, 0.717) is 11.5 Å². The summed E-state index contributed by atoms with van der Waals surface area (Å²) >= 11 is 0. The van der Waals surface area contributed by atoms with Crippen LogP contribution in [0.25, 0.3) is 0 Å². The largest absolute Gasteiger partial charge is 0.472 e. The molecule has 0 unspecified atom stereocenters. The first kappa shape index (κ1) is 14.6. The highest BCUT2D eigenvalue weighted by molar-refractivity contribution is 5.96. The lowest BCUT2D eigenvalue weighted by Crippen LogP contribution is -2.40. The van der Waals surface area contributed by atoms with Gasteiger partial charge in [-0.3, -0.25) is 9.59 Å². The Kier molecular flexibility index (Phi) is 5.21. The molecule has 0 atom stereocenters. The molecule has 110 valence electrons. The quantitative estimate of drug-likeness (QED) is 0.896. The van der Waals surface area contributed by atoms with Crippen LogP contribution in [0.2, 0.25) is 0 Å². The Morgan fingerprint density at radius 3 is 2.75 bits per heavy atom. The highest BCUT2D eigenvalue weighted by Crippen LogP contribution is 2.23. The lowest BCUT2D eigenvalue weighted by atomic mass is 9.89. The molecular formula is C15H22N2O3. The molecule has 1 heterocycles. The molecule has 2 rings (SSSR count). The van der Waals surface area contributed by atoms with Crippen molar-refractivity contribution in [2.45, 2.75) is 32.1 Å². The molecule has 20 heavy (non-hydrogen) atoms. The zero-order valence-corrected chi connectivity index (χ0v) is 11.9. The van der Waals surface area contributed by atoms with Crippen LogP contribution in [-0.2, 0) is 4.79 Å². The Morgan fingerprint density at radius 2 is 2.10 bits per heavy atom. The van der Waals surface area contributed by atoms with Crippen molar-refractivity contribution < 1.29 is 14.0 Å². The Bertz CT molecular complexity index is 436. The molecule has 0 bridgehead atoms. The minimum atomic E-state index is -0.279. The van der Waals surface area contributed by atoms with E-state index >= 15 is 0 Å². The summed E-state index contributed by atoms with van der Waals surface area (Å²) in [4.78, 5) is 25.4. The lowest BCUT2D eigenvalue weighted by molar-refractivity contribution is -0.129. The maximum Gasteiger partial charge on any atom is 0.254 e. The molecule has 1 N–H and O–H groups in total. The number of rotatable bonds is 5. The minimum absolute atomic E-state index is 0.0350. The number of hydrogen-bond donors (Lipinski definition) is 1. The number of carbonyl (C=O) groups excluding carboxylic acids is 2. The van der Waals surface area contributed by atoms with Crippen LogP contribution in [0.1, 0.15) is 42.5 Å². The summed E-state index contributed by atoms with van der Waals surface area (Å²) in [5.74, 6) is 0.285. The fourth-order valence-electron chi connectivity index (χ4n) is 2.65. The van der Waals surface area contributed by atoms with Crippen molar-refractivity contribution in [3.63, 3.8) is 0 Å². The number of amides is 2. The normalized spacial score (nSPS) is 15.8. The molecular weight excluding hydrogens is 256 g/mol. The van der Waals surface area contributed by atoms with Crippen molar-refractivity contribution in [2.24, 2.45) is 5.92 Å². The van der Waals surface area contributed by atoms with Gasteiger partial charge in [-0.15, -0.1) is 0 Å². The Morgan fingerprint density at radius 1 is 1.35 bits per heavy atom. The predicted octanol–water partition coefficient (Wildman–Crippen LogP) is 2.05. The summed E-state index contributed by atoms with van der Waals surface area (Å²) in [6.07, 6.45) is 9.07. The Hall–Kier alpha value is -1.78. The number of nitrogens with zero attached hydrogens (tertiary/aromatic N) is 1. The van der Waals surface area contributed by atoms with Crippen LogP contribution in [0.5, 0.6) is 0 Å². The number of hydrogen-bond acceptors (Lipinski definition) is 3. The van der Waals surface area contributed by atoms with Crippen LogP contribution in [0.3, 0.4) is 0 Å². The van der Waals surface area contributed by atoms with Gasteiger partial charge < -0.3 is 14.6 Å². The number of nitrogens with one attached hydrogen (secondary N) is 1. The van der Waals surface area contributed by atoms with E-state index in [1.165, 1.54) is 44.6 Å². The molecule has 1 fully saturated rings. The molecule has 5 nitrogen and oxygen atoms in total. The van der Waals surface area contributed by atoms with Crippen molar-refractivity contribution in [3.05, 3.63) is 24.2 Å². The van der Waals surface area contributed by atoms with E-state index in [9.17, 15) is 9.59 Å². The fourth-order valence-corrected chi connectivity index (χ4v) is 2.65. The highest BCUT2D eigenvalue weighted by atomic mass is 16.3. The molecule has 0 radical (unpaired) electrons. The summed E-state index contributed by atoms with van der Waals surface area (Å²) < 4.78 is 4.83. The fraction of sp³-hybridized carbons (Fsp3) is 0.600. The molecule has 1 aliphatic rings. The van der Waals surface area contributed by atoms with E-state index in [0.717, 1.165) is 6.54 Å². The van der Waals surface area contributed by atoms with E-state index in [-0.39, 0.29) is 18.4 Å². The van der Waals surface area contributed by atoms with Gasteiger partial charge in [0.25, 0.3) is 5.91 Å². The number of carbonyl (C=O) groups is 2. The maximum absolute atomic E-state index is 12.0. The third-order valence-corrected chi connectivity index (χ3v) is 3.87. The Balaban J connectivity index is 1.72. The van der Waals surface area contributed by atoms with E-state index in [1.54, 1.807) is 18.0 Å². The van der Waals surface area contributed by atoms with Crippen LogP contribution in [0.15, 0.2) is 23.0 Å². The molecule has 1 aromatic heterocycles. The standard InChI is InChI=1S/C15H22N2O3/c1-17(10-12-5-3-2-4-6-12)14(18)9-16-15(19)13-7-8-20-11-13/h7-8,11-12H,2-6,9-10H2,1H3,(H,16,19). The van der Waals surface area contributed by atoms with E-state index < -0.39 is 0 Å². The molecule has 1 saturated carbocycles. The number of furan rings is 1. The van der Waals surface area contributed by atoms with E-state index in [4.69, 9.17) is 4.42 Å². The first-order valence-corrected chi connectivity index (χ1v) is 7.21. The van der Waals surface area contributed by atoms with Crippen LogP contribution >= 0.6 is 0 Å².